The first-order valence-electron chi connectivity index (χ1n) is 5.32. The summed E-state index contributed by atoms with van der Waals surface area (Å²) in [7, 11) is 0. The Morgan fingerprint density at radius 2 is 1.60 bits per heavy atom. The molecule has 0 N–H and O–H groups in total. The van der Waals surface area contributed by atoms with E-state index in [4.69, 9.17) is 0 Å². The minimum absolute atomic E-state index is 0.0255. The molecule has 3 rings (SSSR count). The lowest BCUT2D eigenvalue weighted by Gasteiger charge is -2.04. The summed E-state index contributed by atoms with van der Waals surface area (Å²) >= 11 is 0. The van der Waals surface area contributed by atoms with Crippen LogP contribution in [0, 0.1) is 20.2 Å². The highest BCUT2D eigenvalue weighted by Gasteiger charge is 2.14. The Balaban J connectivity index is 0.000000151. The van der Waals surface area contributed by atoms with Crippen molar-refractivity contribution in [1.29, 1.82) is 0 Å². The van der Waals surface area contributed by atoms with E-state index in [2.05, 4.69) is 15.2 Å². The van der Waals surface area contributed by atoms with Crippen LogP contribution in [0.2, 0.25) is 0 Å². The molecular weight excluding hydrogens is 266 g/mol. The number of fused-ring (bicyclic) bond motifs is 1. The molecule has 0 aliphatic carbocycles. The predicted molar refractivity (Wildman–Crippen MR) is 68.2 cm³/mol. The van der Waals surface area contributed by atoms with Crippen LogP contribution in [-0.2, 0) is 0 Å². The number of azo groups is 1. The summed E-state index contributed by atoms with van der Waals surface area (Å²) in [6.07, 6.45) is 2.70. The highest BCUT2D eigenvalue weighted by molar-refractivity contribution is 5.69. The molecule has 0 atom stereocenters. The first-order chi connectivity index (χ1) is 9.58. The molecule has 0 radical (unpaired) electrons. The summed E-state index contributed by atoms with van der Waals surface area (Å²) in [4.78, 5) is 22.8. The molecule has 1 aromatic heterocycles. The van der Waals surface area contributed by atoms with Gasteiger partial charge in [0.15, 0.2) is 0 Å². The molecule has 0 saturated carbocycles. The maximum Gasteiger partial charge on any atom is 0.287 e. The van der Waals surface area contributed by atoms with Crippen LogP contribution in [0.1, 0.15) is 0 Å². The van der Waals surface area contributed by atoms with Crippen molar-refractivity contribution < 1.29 is 9.85 Å². The maximum absolute atomic E-state index is 10.2. The number of aromatic nitrogens is 1. The van der Waals surface area contributed by atoms with Crippen LogP contribution in [0.15, 0.2) is 53.0 Å². The third kappa shape index (κ3) is 2.96. The molecule has 0 bridgehead atoms. The Morgan fingerprint density at radius 1 is 0.900 bits per heavy atom. The molecule has 2 heterocycles. The molecule has 1 aliphatic heterocycles. The normalized spacial score (nSPS) is 10.6. The van der Waals surface area contributed by atoms with Crippen molar-refractivity contribution in [2.24, 2.45) is 10.2 Å². The van der Waals surface area contributed by atoms with E-state index in [-0.39, 0.29) is 11.4 Å². The second-order valence-corrected chi connectivity index (χ2v) is 3.60. The number of nitrogens with zero attached hydrogens (tertiary/aromatic N) is 5. The zero-order valence-electron chi connectivity index (χ0n) is 9.91. The standard InChI is InChI=1S/C6H3N3O2.C5H4N2O2/c10-9(11)4-1-2-5-6(3-4)8-7-5;8-7(9)5-2-1-3-6-4-5/h1-3H;1-4H. The van der Waals surface area contributed by atoms with E-state index in [0.29, 0.717) is 5.69 Å². The number of hydrogen-bond donors (Lipinski definition) is 0. The Kier molecular flexibility index (Phi) is 3.70. The number of hydrogen-bond acceptors (Lipinski definition) is 7. The first-order valence-corrected chi connectivity index (χ1v) is 5.32. The van der Waals surface area contributed by atoms with Gasteiger partial charge in [-0.05, 0) is 12.1 Å². The van der Waals surface area contributed by atoms with Gasteiger partial charge in [-0.15, -0.1) is 10.2 Å². The number of nitro benzene ring substituents is 1. The van der Waals surface area contributed by atoms with Crippen molar-refractivity contribution in [1.82, 2.24) is 4.98 Å². The third-order valence-electron chi connectivity index (χ3n) is 2.29. The summed E-state index contributed by atoms with van der Waals surface area (Å²) in [6, 6.07) is 7.32. The molecular formula is C11H7N5O4. The van der Waals surface area contributed by atoms with Crippen LogP contribution in [0.4, 0.5) is 22.7 Å². The molecule has 0 saturated heterocycles. The highest BCUT2D eigenvalue weighted by Crippen LogP contribution is 2.39. The second kappa shape index (κ2) is 5.61. The fraction of sp³-hybridized carbons (Fsp3) is 0. The van der Waals surface area contributed by atoms with Crippen molar-refractivity contribution in [3.8, 4) is 0 Å². The zero-order valence-corrected chi connectivity index (χ0v) is 9.91. The minimum Gasteiger partial charge on any atom is -0.258 e. The van der Waals surface area contributed by atoms with Crippen LogP contribution >= 0.6 is 0 Å². The van der Waals surface area contributed by atoms with E-state index in [1.807, 2.05) is 0 Å². The van der Waals surface area contributed by atoms with E-state index in [1.165, 1.54) is 36.7 Å². The average Bonchev–Trinajstić information content (AvgIpc) is 2.41. The summed E-state index contributed by atoms with van der Waals surface area (Å²) in [5.74, 6) is 0. The first kappa shape index (κ1) is 13.2. The molecule has 100 valence electrons. The molecule has 0 unspecified atom stereocenters. The largest absolute Gasteiger partial charge is 0.287 e. The van der Waals surface area contributed by atoms with Gasteiger partial charge in [0.2, 0.25) is 0 Å². The number of benzene rings is 1. The van der Waals surface area contributed by atoms with Crippen LogP contribution in [0.3, 0.4) is 0 Å². The van der Waals surface area contributed by atoms with Crippen LogP contribution in [-0.4, -0.2) is 14.8 Å². The lowest BCUT2D eigenvalue weighted by molar-refractivity contribution is -0.385. The Morgan fingerprint density at radius 3 is 2.00 bits per heavy atom. The monoisotopic (exact) mass is 273 g/mol. The zero-order chi connectivity index (χ0) is 14.5. The average molecular weight is 273 g/mol. The van der Waals surface area contributed by atoms with Gasteiger partial charge in [-0.25, -0.2) is 0 Å². The molecule has 0 spiro atoms. The quantitative estimate of drug-likeness (QED) is 0.523. The molecule has 20 heavy (non-hydrogen) atoms. The maximum atomic E-state index is 10.2. The van der Waals surface area contributed by atoms with Crippen molar-refractivity contribution in [3.05, 3.63) is 63.0 Å². The van der Waals surface area contributed by atoms with Gasteiger partial charge in [-0.2, -0.15) is 0 Å². The molecule has 9 nitrogen and oxygen atoms in total. The van der Waals surface area contributed by atoms with E-state index in [9.17, 15) is 20.2 Å². The minimum atomic E-state index is -0.479. The van der Waals surface area contributed by atoms with E-state index >= 15 is 0 Å². The Labute approximate surface area is 111 Å². The fourth-order valence-electron chi connectivity index (χ4n) is 1.31. The van der Waals surface area contributed by atoms with Crippen LogP contribution in [0.5, 0.6) is 0 Å². The molecule has 0 fully saturated rings. The number of rotatable bonds is 2. The van der Waals surface area contributed by atoms with Gasteiger partial charge >= 0.3 is 0 Å². The van der Waals surface area contributed by atoms with E-state index in [0.717, 1.165) is 5.69 Å². The Hall–Kier alpha value is -3.23. The van der Waals surface area contributed by atoms with Gasteiger partial charge in [0, 0.05) is 24.4 Å². The van der Waals surface area contributed by atoms with Gasteiger partial charge in [0.05, 0.1) is 9.85 Å². The van der Waals surface area contributed by atoms with Gasteiger partial charge < -0.3 is 0 Å². The highest BCUT2D eigenvalue weighted by atomic mass is 16.6. The smallest absolute Gasteiger partial charge is 0.258 e. The molecule has 2 aromatic rings. The third-order valence-corrected chi connectivity index (χ3v) is 2.29. The number of pyridine rings is 1. The van der Waals surface area contributed by atoms with Gasteiger partial charge in [0.25, 0.3) is 11.4 Å². The lowest BCUT2D eigenvalue weighted by Crippen LogP contribution is -1.87. The molecule has 1 aromatic carbocycles. The topological polar surface area (TPSA) is 124 Å². The van der Waals surface area contributed by atoms with Gasteiger partial charge in [-0.3, -0.25) is 25.2 Å². The number of nitro groups is 2. The molecule has 0 amide bonds. The summed E-state index contributed by atoms with van der Waals surface area (Å²) in [5, 5.41) is 27.4. The van der Waals surface area contributed by atoms with E-state index in [1.54, 1.807) is 6.07 Å². The van der Waals surface area contributed by atoms with E-state index < -0.39 is 9.85 Å². The van der Waals surface area contributed by atoms with Gasteiger partial charge in [-0.1, -0.05) is 0 Å². The van der Waals surface area contributed by atoms with Crippen molar-refractivity contribution in [3.63, 3.8) is 0 Å². The predicted octanol–water partition coefficient (Wildman–Crippen LogP) is 3.31. The van der Waals surface area contributed by atoms with Gasteiger partial charge in [0.1, 0.15) is 17.6 Å². The fourth-order valence-corrected chi connectivity index (χ4v) is 1.31. The van der Waals surface area contributed by atoms with Crippen molar-refractivity contribution in [2.45, 2.75) is 0 Å². The Bertz CT molecular complexity index is 686. The summed E-state index contributed by atoms with van der Waals surface area (Å²) < 4.78 is 0. The van der Waals surface area contributed by atoms with Crippen molar-refractivity contribution in [2.75, 3.05) is 0 Å². The second-order valence-electron chi connectivity index (χ2n) is 3.60. The van der Waals surface area contributed by atoms with Crippen LogP contribution < -0.4 is 0 Å². The van der Waals surface area contributed by atoms with Crippen LogP contribution in [0.25, 0.3) is 0 Å². The number of non-ortho nitro benzene ring substituents is 1. The lowest BCUT2D eigenvalue weighted by atomic mass is 10.2. The molecule has 1 aliphatic rings. The summed E-state index contributed by atoms with van der Waals surface area (Å²) in [6.45, 7) is 0. The summed E-state index contributed by atoms with van der Waals surface area (Å²) in [5.41, 5.74) is 1.40. The van der Waals surface area contributed by atoms with Crippen molar-refractivity contribution >= 4 is 22.7 Å². The molecule has 9 heteroatoms. The SMILES string of the molecule is O=[N+]([O-])c1ccc2c(c1)N=N2.O=[N+]([O-])c1cccnc1.